The van der Waals surface area contributed by atoms with E-state index in [4.69, 9.17) is 26.4 Å². The van der Waals surface area contributed by atoms with E-state index >= 15 is 0 Å². The number of esters is 1. The fourth-order valence-corrected chi connectivity index (χ4v) is 4.72. The molecular formula is C24H26N2O4S2. The molecule has 1 heterocycles. The molecule has 0 fully saturated rings. The average molecular weight is 471 g/mol. The number of rotatable bonds is 8. The van der Waals surface area contributed by atoms with Gasteiger partial charge in [-0.25, -0.2) is 4.79 Å². The highest BCUT2D eigenvalue weighted by Crippen LogP contribution is 2.40. The van der Waals surface area contributed by atoms with E-state index in [-0.39, 0.29) is 0 Å². The first-order valence-corrected chi connectivity index (χ1v) is 11.2. The lowest BCUT2D eigenvalue weighted by Gasteiger charge is -2.12. The van der Waals surface area contributed by atoms with Crippen LogP contribution in [0.15, 0.2) is 48.5 Å². The lowest BCUT2D eigenvalue weighted by molar-refractivity contribution is 0.0603. The van der Waals surface area contributed by atoms with Crippen molar-refractivity contribution in [2.75, 3.05) is 33.2 Å². The van der Waals surface area contributed by atoms with Gasteiger partial charge in [-0.15, -0.1) is 11.3 Å². The van der Waals surface area contributed by atoms with Gasteiger partial charge < -0.3 is 24.8 Å². The van der Waals surface area contributed by atoms with Crippen LogP contribution in [-0.2, 0) is 11.2 Å². The first-order chi connectivity index (χ1) is 15.5. The number of methoxy groups -OCH3 is 3. The smallest absolute Gasteiger partial charge is 0.341 e. The van der Waals surface area contributed by atoms with Crippen LogP contribution in [-0.4, -0.2) is 39.0 Å². The molecule has 6 nitrogen and oxygen atoms in total. The molecule has 0 saturated heterocycles. The number of thiophene rings is 1. The Balaban J connectivity index is 1.71. The van der Waals surface area contributed by atoms with E-state index < -0.39 is 5.97 Å². The van der Waals surface area contributed by atoms with E-state index in [9.17, 15) is 4.79 Å². The molecule has 2 aromatic carbocycles. The van der Waals surface area contributed by atoms with E-state index in [0.29, 0.717) is 33.7 Å². The van der Waals surface area contributed by atoms with Crippen LogP contribution in [0.3, 0.4) is 0 Å². The summed E-state index contributed by atoms with van der Waals surface area (Å²) in [5, 5.41) is 7.48. The molecule has 1 aromatic heterocycles. The summed E-state index contributed by atoms with van der Waals surface area (Å²) in [7, 11) is 4.61. The first-order valence-electron chi connectivity index (χ1n) is 10.0. The maximum absolute atomic E-state index is 12.6. The number of hydrogen-bond donors (Lipinski definition) is 2. The molecule has 2 N–H and O–H groups in total. The van der Waals surface area contributed by atoms with Gasteiger partial charge in [-0.1, -0.05) is 36.4 Å². The van der Waals surface area contributed by atoms with Gasteiger partial charge in [-0.3, -0.25) is 0 Å². The van der Waals surface area contributed by atoms with Gasteiger partial charge >= 0.3 is 5.97 Å². The molecule has 0 saturated carbocycles. The second kappa shape index (κ2) is 11.0. The topological polar surface area (TPSA) is 68.8 Å². The van der Waals surface area contributed by atoms with Gasteiger partial charge in [0.15, 0.2) is 16.6 Å². The predicted molar refractivity (Wildman–Crippen MR) is 133 cm³/mol. The van der Waals surface area contributed by atoms with Crippen LogP contribution in [0.2, 0.25) is 0 Å². The monoisotopic (exact) mass is 470 g/mol. The number of ether oxygens (including phenoxy) is 3. The van der Waals surface area contributed by atoms with Crippen LogP contribution in [0.25, 0.3) is 11.1 Å². The SMILES string of the molecule is COC(=O)c1c(NC(=S)NCCc2ccc(OC)c(OC)c2)sc(C)c1-c1ccccc1. The molecule has 0 aliphatic carbocycles. The Hall–Kier alpha value is -3.10. The Morgan fingerprint density at radius 3 is 2.41 bits per heavy atom. The molecule has 0 atom stereocenters. The second-order valence-electron chi connectivity index (χ2n) is 6.92. The summed E-state index contributed by atoms with van der Waals surface area (Å²) in [6, 6.07) is 15.6. The molecule has 0 unspecified atom stereocenters. The zero-order valence-corrected chi connectivity index (χ0v) is 20.1. The number of hydrogen-bond acceptors (Lipinski definition) is 6. The van der Waals surface area contributed by atoms with Gasteiger partial charge in [0.1, 0.15) is 10.6 Å². The van der Waals surface area contributed by atoms with Gasteiger partial charge in [0, 0.05) is 17.0 Å². The first kappa shape index (κ1) is 23.6. The summed E-state index contributed by atoms with van der Waals surface area (Å²) in [4.78, 5) is 13.6. The fraction of sp³-hybridized carbons (Fsp3) is 0.250. The van der Waals surface area contributed by atoms with Crippen LogP contribution in [0, 0.1) is 6.92 Å². The Kier molecular flexibility index (Phi) is 8.08. The molecular weight excluding hydrogens is 444 g/mol. The highest BCUT2D eigenvalue weighted by molar-refractivity contribution is 7.80. The molecule has 168 valence electrons. The Morgan fingerprint density at radius 2 is 1.75 bits per heavy atom. The van der Waals surface area contributed by atoms with Crippen LogP contribution >= 0.6 is 23.6 Å². The normalized spacial score (nSPS) is 10.4. The zero-order chi connectivity index (χ0) is 23.1. The third-order valence-electron chi connectivity index (χ3n) is 4.91. The van der Waals surface area contributed by atoms with Crippen molar-refractivity contribution in [2.24, 2.45) is 0 Å². The van der Waals surface area contributed by atoms with Crippen molar-refractivity contribution in [2.45, 2.75) is 13.3 Å². The number of thiocarbonyl (C=S) groups is 1. The molecule has 3 aromatic rings. The summed E-state index contributed by atoms with van der Waals surface area (Å²) >= 11 is 6.96. The van der Waals surface area contributed by atoms with E-state index in [0.717, 1.165) is 28.0 Å². The van der Waals surface area contributed by atoms with Gasteiger partial charge in [-0.05, 0) is 48.8 Å². The fourth-order valence-electron chi connectivity index (χ4n) is 3.39. The van der Waals surface area contributed by atoms with Crippen molar-refractivity contribution < 1.29 is 19.0 Å². The van der Waals surface area contributed by atoms with Crippen molar-refractivity contribution in [3.63, 3.8) is 0 Å². The summed E-state index contributed by atoms with van der Waals surface area (Å²) < 4.78 is 15.7. The van der Waals surface area contributed by atoms with E-state index in [1.54, 1.807) is 14.2 Å². The number of nitrogens with one attached hydrogen (secondary N) is 2. The molecule has 0 aliphatic heterocycles. The van der Waals surface area contributed by atoms with Gasteiger partial charge in [0.25, 0.3) is 0 Å². The highest BCUT2D eigenvalue weighted by atomic mass is 32.1. The molecule has 0 bridgehead atoms. The Morgan fingerprint density at radius 1 is 1.03 bits per heavy atom. The Labute approximate surface area is 197 Å². The van der Waals surface area contributed by atoms with E-state index in [1.165, 1.54) is 18.4 Å². The lowest BCUT2D eigenvalue weighted by atomic mass is 10.0. The van der Waals surface area contributed by atoms with E-state index in [2.05, 4.69) is 10.6 Å². The summed E-state index contributed by atoms with van der Waals surface area (Å²) in [6.45, 7) is 2.60. The van der Waals surface area contributed by atoms with Crippen LogP contribution in [0.4, 0.5) is 5.00 Å². The number of aryl methyl sites for hydroxylation is 1. The van der Waals surface area contributed by atoms with Crippen molar-refractivity contribution in [3.05, 3.63) is 64.5 Å². The summed E-state index contributed by atoms with van der Waals surface area (Å²) in [5.74, 6) is 0.985. The van der Waals surface area contributed by atoms with Crippen LogP contribution < -0.4 is 20.1 Å². The zero-order valence-electron chi connectivity index (χ0n) is 18.5. The predicted octanol–water partition coefficient (Wildman–Crippen LogP) is 5.06. The average Bonchev–Trinajstić information content (AvgIpc) is 3.14. The van der Waals surface area contributed by atoms with Gasteiger partial charge in [0.05, 0.1) is 21.3 Å². The van der Waals surface area contributed by atoms with Crippen molar-refractivity contribution in [1.29, 1.82) is 0 Å². The standard InChI is InChI=1S/C24H26N2O4S2/c1-15-20(17-8-6-5-7-9-17)21(23(27)30-4)22(32-15)26-24(31)25-13-12-16-10-11-18(28-2)19(14-16)29-3/h5-11,14H,12-13H2,1-4H3,(H2,25,26,31). The third kappa shape index (κ3) is 5.38. The van der Waals surface area contributed by atoms with Crippen LogP contribution in [0.1, 0.15) is 20.8 Å². The summed E-state index contributed by atoms with van der Waals surface area (Å²) in [5.41, 5.74) is 3.40. The summed E-state index contributed by atoms with van der Waals surface area (Å²) in [6.07, 6.45) is 0.741. The highest BCUT2D eigenvalue weighted by Gasteiger charge is 2.24. The van der Waals surface area contributed by atoms with Gasteiger partial charge in [-0.2, -0.15) is 0 Å². The second-order valence-corrected chi connectivity index (χ2v) is 8.55. The largest absolute Gasteiger partial charge is 0.493 e. The molecule has 0 radical (unpaired) electrons. The number of anilines is 1. The van der Waals surface area contributed by atoms with Crippen LogP contribution in [0.5, 0.6) is 11.5 Å². The number of carbonyl (C=O) groups is 1. The van der Waals surface area contributed by atoms with E-state index in [1.807, 2.05) is 55.5 Å². The molecule has 3 rings (SSSR count). The maximum atomic E-state index is 12.6. The van der Waals surface area contributed by atoms with Crippen molar-refractivity contribution in [1.82, 2.24) is 5.32 Å². The number of benzene rings is 2. The molecule has 32 heavy (non-hydrogen) atoms. The minimum absolute atomic E-state index is 0.399. The maximum Gasteiger partial charge on any atom is 0.341 e. The minimum Gasteiger partial charge on any atom is -0.493 e. The molecule has 0 amide bonds. The minimum atomic E-state index is -0.399. The third-order valence-corrected chi connectivity index (χ3v) is 6.18. The Bertz CT molecular complexity index is 1100. The molecule has 0 aliphatic rings. The quantitative estimate of drug-likeness (QED) is 0.352. The molecule has 0 spiro atoms. The van der Waals surface area contributed by atoms with Gasteiger partial charge in [0.2, 0.25) is 0 Å². The van der Waals surface area contributed by atoms with Crippen molar-refractivity contribution >= 4 is 39.6 Å². The lowest BCUT2D eigenvalue weighted by Crippen LogP contribution is -2.30. The van der Waals surface area contributed by atoms with Crippen molar-refractivity contribution in [3.8, 4) is 22.6 Å². The number of carbonyl (C=O) groups excluding carboxylic acids is 1. The molecule has 8 heteroatoms.